The minimum Gasteiger partial charge on any atom is -0.339 e. The van der Waals surface area contributed by atoms with Crippen molar-refractivity contribution >= 4 is 5.91 Å². The molecule has 1 amide bonds. The maximum absolute atomic E-state index is 12.8. The van der Waals surface area contributed by atoms with Crippen molar-refractivity contribution in [3.8, 4) is 0 Å². The Labute approximate surface area is 147 Å². The first-order valence-electron chi connectivity index (χ1n) is 9.38. The number of likely N-dealkylation sites (tertiary alicyclic amines) is 2. The maximum atomic E-state index is 12.8. The van der Waals surface area contributed by atoms with Gasteiger partial charge in [0.2, 0.25) is 5.91 Å². The van der Waals surface area contributed by atoms with Gasteiger partial charge in [-0.05, 0) is 58.5 Å². The van der Waals surface area contributed by atoms with Crippen LogP contribution < -0.4 is 11.2 Å². The molecule has 3 heterocycles. The van der Waals surface area contributed by atoms with Crippen molar-refractivity contribution in [2.45, 2.75) is 57.9 Å². The van der Waals surface area contributed by atoms with Crippen LogP contribution in [0.4, 0.5) is 0 Å². The number of H-pyrrole nitrogens is 2. The molecule has 0 bridgehead atoms. The first-order valence-corrected chi connectivity index (χ1v) is 9.38. The molecule has 2 saturated heterocycles. The molecule has 0 saturated carbocycles. The Hall–Kier alpha value is -1.89. The second-order valence-electron chi connectivity index (χ2n) is 7.26. The van der Waals surface area contributed by atoms with Gasteiger partial charge < -0.3 is 14.8 Å². The van der Waals surface area contributed by atoms with Gasteiger partial charge in [0.25, 0.3) is 5.56 Å². The van der Waals surface area contributed by atoms with E-state index in [-0.39, 0.29) is 18.4 Å². The Morgan fingerprint density at radius 1 is 1.08 bits per heavy atom. The third-order valence-corrected chi connectivity index (χ3v) is 5.51. The summed E-state index contributed by atoms with van der Waals surface area (Å²) in [5.74, 6) is -0.00762. The van der Waals surface area contributed by atoms with Crippen LogP contribution in [0.25, 0.3) is 0 Å². The summed E-state index contributed by atoms with van der Waals surface area (Å²) in [7, 11) is 0. The fourth-order valence-corrected chi connectivity index (χ4v) is 4.06. The molecule has 2 N–H and O–H groups in total. The quantitative estimate of drug-likeness (QED) is 0.823. The first kappa shape index (κ1) is 17.9. The number of nitrogens with one attached hydrogen (secondary N) is 2. The molecule has 0 radical (unpaired) electrons. The second kappa shape index (κ2) is 7.99. The van der Waals surface area contributed by atoms with Gasteiger partial charge in [0.15, 0.2) is 0 Å². The number of hydrogen-bond acceptors (Lipinski definition) is 4. The van der Waals surface area contributed by atoms with E-state index in [2.05, 4.69) is 14.9 Å². The van der Waals surface area contributed by atoms with Crippen molar-refractivity contribution in [3.63, 3.8) is 0 Å². The second-order valence-corrected chi connectivity index (χ2v) is 7.26. The Kier molecular flexibility index (Phi) is 5.73. The molecule has 2 aliphatic rings. The molecule has 3 rings (SSSR count). The van der Waals surface area contributed by atoms with Gasteiger partial charge in [-0.1, -0.05) is 0 Å². The van der Waals surface area contributed by atoms with Crippen molar-refractivity contribution in [3.05, 3.63) is 32.1 Å². The fourth-order valence-electron chi connectivity index (χ4n) is 4.06. The monoisotopic (exact) mass is 348 g/mol. The standard InChI is InChI=1S/C18H28N4O3/c1-13-15(17(24)20-18(25)19-13)12-16(23)22-10-3-2-6-14(22)7-11-21-8-4-5-9-21/h14H,2-12H2,1H3,(H2,19,20,24,25). The lowest BCUT2D eigenvalue weighted by atomic mass is 9.98. The normalized spacial score (nSPS) is 21.6. The molecule has 0 aliphatic carbocycles. The molecule has 2 aliphatic heterocycles. The molecule has 7 nitrogen and oxygen atoms in total. The lowest BCUT2D eigenvalue weighted by Crippen LogP contribution is -2.46. The number of rotatable bonds is 5. The summed E-state index contributed by atoms with van der Waals surface area (Å²) < 4.78 is 0. The van der Waals surface area contributed by atoms with Crippen LogP contribution >= 0.6 is 0 Å². The van der Waals surface area contributed by atoms with Gasteiger partial charge in [0, 0.05) is 30.4 Å². The number of piperidine rings is 1. The van der Waals surface area contributed by atoms with Crippen molar-refractivity contribution < 1.29 is 4.79 Å². The summed E-state index contributed by atoms with van der Waals surface area (Å²) >= 11 is 0. The smallest absolute Gasteiger partial charge is 0.325 e. The highest BCUT2D eigenvalue weighted by Crippen LogP contribution is 2.22. The van der Waals surface area contributed by atoms with E-state index < -0.39 is 11.2 Å². The van der Waals surface area contributed by atoms with Gasteiger partial charge in [-0.15, -0.1) is 0 Å². The van der Waals surface area contributed by atoms with E-state index in [1.54, 1.807) is 6.92 Å². The number of nitrogens with zero attached hydrogens (tertiary/aromatic N) is 2. The van der Waals surface area contributed by atoms with E-state index in [9.17, 15) is 14.4 Å². The molecule has 1 aromatic rings. The maximum Gasteiger partial charge on any atom is 0.325 e. The number of hydrogen-bond donors (Lipinski definition) is 2. The zero-order valence-corrected chi connectivity index (χ0v) is 15.0. The summed E-state index contributed by atoms with van der Waals surface area (Å²) in [6.07, 6.45) is 6.84. The van der Waals surface area contributed by atoms with Crippen LogP contribution in [0.3, 0.4) is 0 Å². The Balaban J connectivity index is 1.66. The number of carbonyl (C=O) groups excluding carboxylic acids is 1. The van der Waals surface area contributed by atoms with E-state index in [0.717, 1.165) is 38.8 Å². The van der Waals surface area contributed by atoms with Crippen molar-refractivity contribution in [2.75, 3.05) is 26.2 Å². The number of aryl methyl sites for hydroxylation is 1. The van der Waals surface area contributed by atoms with Crippen LogP contribution in [0.1, 0.15) is 49.8 Å². The van der Waals surface area contributed by atoms with Gasteiger partial charge in [-0.3, -0.25) is 14.6 Å². The average molecular weight is 348 g/mol. The van der Waals surface area contributed by atoms with Gasteiger partial charge in [-0.25, -0.2) is 4.79 Å². The molecule has 0 spiro atoms. The molecule has 138 valence electrons. The summed E-state index contributed by atoms with van der Waals surface area (Å²) in [6.45, 7) is 5.83. The molecular weight excluding hydrogens is 320 g/mol. The van der Waals surface area contributed by atoms with E-state index >= 15 is 0 Å². The molecular formula is C18H28N4O3. The molecule has 1 atom stereocenters. The number of aromatic amines is 2. The largest absolute Gasteiger partial charge is 0.339 e. The zero-order chi connectivity index (χ0) is 17.8. The van der Waals surface area contributed by atoms with E-state index in [1.165, 1.54) is 25.9 Å². The van der Waals surface area contributed by atoms with Crippen LogP contribution in [-0.2, 0) is 11.2 Å². The molecule has 25 heavy (non-hydrogen) atoms. The minimum atomic E-state index is -0.528. The van der Waals surface area contributed by atoms with E-state index in [1.807, 2.05) is 4.90 Å². The topological polar surface area (TPSA) is 89.3 Å². The van der Waals surface area contributed by atoms with Crippen LogP contribution in [0, 0.1) is 6.92 Å². The van der Waals surface area contributed by atoms with Gasteiger partial charge in [-0.2, -0.15) is 0 Å². The third kappa shape index (κ3) is 4.39. The van der Waals surface area contributed by atoms with Gasteiger partial charge in [0.1, 0.15) is 0 Å². The number of aromatic nitrogens is 2. The lowest BCUT2D eigenvalue weighted by Gasteiger charge is -2.36. The Morgan fingerprint density at radius 2 is 1.80 bits per heavy atom. The molecule has 0 aromatic carbocycles. The zero-order valence-electron chi connectivity index (χ0n) is 15.0. The SMILES string of the molecule is Cc1[nH]c(=O)[nH]c(=O)c1CC(=O)N1CCCCC1CCN1CCCC1. The molecule has 1 aromatic heterocycles. The van der Waals surface area contributed by atoms with Crippen LogP contribution in [0.2, 0.25) is 0 Å². The molecule has 7 heteroatoms. The summed E-state index contributed by atoms with van der Waals surface area (Å²) in [4.78, 5) is 45.4. The van der Waals surface area contributed by atoms with E-state index in [4.69, 9.17) is 0 Å². The van der Waals surface area contributed by atoms with Crippen molar-refractivity contribution in [1.82, 2.24) is 19.8 Å². The Bertz CT molecular complexity index is 718. The van der Waals surface area contributed by atoms with Gasteiger partial charge in [0.05, 0.1) is 6.42 Å². The first-order chi connectivity index (χ1) is 12.0. The summed E-state index contributed by atoms with van der Waals surface area (Å²) in [5, 5.41) is 0. The number of carbonyl (C=O) groups is 1. The fraction of sp³-hybridized carbons (Fsp3) is 0.722. The van der Waals surface area contributed by atoms with Crippen molar-refractivity contribution in [1.29, 1.82) is 0 Å². The van der Waals surface area contributed by atoms with E-state index in [0.29, 0.717) is 11.3 Å². The highest BCUT2D eigenvalue weighted by molar-refractivity contribution is 5.79. The van der Waals surface area contributed by atoms with Crippen LogP contribution in [0.15, 0.2) is 9.59 Å². The van der Waals surface area contributed by atoms with Crippen LogP contribution in [0.5, 0.6) is 0 Å². The Morgan fingerprint density at radius 3 is 2.52 bits per heavy atom. The summed E-state index contributed by atoms with van der Waals surface area (Å²) in [5.41, 5.74) is -0.137. The highest BCUT2D eigenvalue weighted by Gasteiger charge is 2.28. The average Bonchev–Trinajstić information content (AvgIpc) is 3.10. The predicted molar refractivity (Wildman–Crippen MR) is 95.8 cm³/mol. The lowest BCUT2D eigenvalue weighted by molar-refractivity contribution is -0.134. The molecule has 1 unspecified atom stereocenters. The predicted octanol–water partition coefficient (Wildman–Crippen LogP) is 0.781. The van der Waals surface area contributed by atoms with Gasteiger partial charge >= 0.3 is 5.69 Å². The minimum absolute atomic E-state index is 0.00762. The third-order valence-electron chi connectivity index (χ3n) is 5.51. The molecule has 2 fully saturated rings. The van der Waals surface area contributed by atoms with Crippen LogP contribution in [-0.4, -0.2) is 57.9 Å². The highest BCUT2D eigenvalue weighted by atomic mass is 16.2. The van der Waals surface area contributed by atoms with Crippen molar-refractivity contribution in [2.24, 2.45) is 0 Å². The summed E-state index contributed by atoms with van der Waals surface area (Å²) in [6, 6.07) is 0.268. The number of amides is 1.